The molecule has 1 aromatic heterocycles. The molecule has 1 unspecified atom stereocenters. The zero-order valence-corrected chi connectivity index (χ0v) is 13.3. The predicted molar refractivity (Wildman–Crippen MR) is 83.5 cm³/mol. The van der Waals surface area contributed by atoms with Crippen LogP contribution in [-0.2, 0) is 11.3 Å². The fourth-order valence-corrected chi connectivity index (χ4v) is 2.54. The van der Waals surface area contributed by atoms with Crippen LogP contribution in [0.3, 0.4) is 0 Å². The normalized spacial score (nSPS) is 19.6. The van der Waals surface area contributed by atoms with Gasteiger partial charge in [0.1, 0.15) is 5.82 Å². The highest BCUT2D eigenvalue weighted by Crippen LogP contribution is 2.24. The predicted octanol–water partition coefficient (Wildman–Crippen LogP) is 2.85. The van der Waals surface area contributed by atoms with Gasteiger partial charge in [-0.25, -0.2) is 4.98 Å². The molecule has 2 rings (SSSR count). The molecule has 0 aromatic carbocycles. The van der Waals surface area contributed by atoms with Gasteiger partial charge >= 0.3 is 0 Å². The van der Waals surface area contributed by atoms with Gasteiger partial charge in [-0.15, -0.1) is 0 Å². The summed E-state index contributed by atoms with van der Waals surface area (Å²) in [7, 11) is 0. The van der Waals surface area contributed by atoms with Crippen LogP contribution in [0.5, 0.6) is 0 Å². The maximum absolute atomic E-state index is 6.24. The highest BCUT2D eigenvalue weighted by atomic mass is 35.5. The molecular weight excluding hydrogens is 274 g/mol. The lowest BCUT2D eigenvalue weighted by Crippen LogP contribution is -2.45. The average molecular weight is 298 g/mol. The van der Waals surface area contributed by atoms with E-state index in [1.165, 1.54) is 0 Å². The van der Waals surface area contributed by atoms with Gasteiger partial charge in [-0.3, -0.25) is 0 Å². The minimum Gasteiger partial charge on any atom is -0.377 e. The number of nitrogens with zero attached hydrogens (tertiary/aromatic N) is 2. The van der Waals surface area contributed by atoms with Crippen molar-refractivity contribution in [3.05, 3.63) is 22.8 Å². The highest BCUT2D eigenvalue weighted by Gasteiger charge is 2.23. The Labute approximate surface area is 126 Å². The average Bonchev–Trinajstić information content (AvgIpc) is 2.46. The molecule has 0 radical (unpaired) electrons. The number of nitrogens with one attached hydrogen (secondary N) is 1. The Morgan fingerprint density at radius 2 is 2.35 bits per heavy atom. The summed E-state index contributed by atoms with van der Waals surface area (Å²) < 4.78 is 5.55. The summed E-state index contributed by atoms with van der Waals surface area (Å²) >= 11 is 6.24. The molecule has 1 aliphatic heterocycles. The van der Waals surface area contributed by atoms with E-state index in [-0.39, 0.29) is 0 Å². The number of pyridine rings is 1. The van der Waals surface area contributed by atoms with E-state index in [4.69, 9.17) is 16.3 Å². The van der Waals surface area contributed by atoms with E-state index >= 15 is 0 Å². The van der Waals surface area contributed by atoms with Gasteiger partial charge < -0.3 is 15.0 Å². The minimum atomic E-state index is 0.406. The molecular formula is C15H24ClN3O. The molecule has 1 atom stereocenters. The lowest BCUT2D eigenvalue weighted by atomic mass is 10.1. The number of ether oxygens (including phenoxy) is 1. The number of hydrogen-bond acceptors (Lipinski definition) is 4. The second-order valence-electron chi connectivity index (χ2n) is 5.50. The molecule has 20 heavy (non-hydrogen) atoms. The summed E-state index contributed by atoms with van der Waals surface area (Å²) in [6.07, 6.45) is 2.82. The van der Waals surface area contributed by atoms with Crippen molar-refractivity contribution < 1.29 is 4.74 Å². The molecule has 1 fully saturated rings. The fourth-order valence-electron chi connectivity index (χ4n) is 2.37. The Bertz CT molecular complexity index is 439. The number of rotatable bonds is 5. The van der Waals surface area contributed by atoms with Gasteiger partial charge in [0.25, 0.3) is 0 Å². The van der Waals surface area contributed by atoms with Gasteiger partial charge in [-0.05, 0) is 18.1 Å². The van der Waals surface area contributed by atoms with Crippen LogP contribution in [0.4, 0.5) is 5.82 Å². The topological polar surface area (TPSA) is 37.4 Å². The third kappa shape index (κ3) is 3.84. The molecule has 0 spiro atoms. The van der Waals surface area contributed by atoms with Crippen molar-refractivity contribution >= 4 is 17.4 Å². The van der Waals surface area contributed by atoms with Crippen LogP contribution in [-0.4, -0.2) is 36.8 Å². The van der Waals surface area contributed by atoms with Gasteiger partial charge in [-0.1, -0.05) is 32.4 Å². The first kappa shape index (κ1) is 15.5. The van der Waals surface area contributed by atoms with Crippen LogP contribution in [0.25, 0.3) is 0 Å². The molecule has 1 saturated heterocycles. The quantitative estimate of drug-likeness (QED) is 0.907. The Balaban J connectivity index is 2.16. The molecule has 1 aliphatic rings. The van der Waals surface area contributed by atoms with Crippen LogP contribution < -0.4 is 10.2 Å². The molecule has 0 bridgehead atoms. The van der Waals surface area contributed by atoms with E-state index in [2.05, 4.69) is 42.0 Å². The van der Waals surface area contributed by atoms with Crippen molar-refractivity contribution in [1.82, 2.24) is 10.3 Å². The van der Waals surface area contributed by atoms with Crippen LogP contribution >= 0.6 is 11.6 Å². The Morgan fingerprint density at radius 3 is 3.05 bits per heavy atom. The molecule has 1 N–H and O–H groups in total. The van der Waals surface area contributed by atoms with Crippen molar-refractivity contribution in [3.8, 4) is 0 Å². The monoisotopic (exact) mass is 297 g/mol. The zero-order valence-electron chi connectivity index (χ0n) is 12.5. The molecule has 0 amide bonds. The minimum absolute atomic E-state index is 0.406. The van der Waals surface area contributed by atoms with Gasteiger partial charge in [-0.2, -0.15) is 0 Å². The highest BCUT2D eigenvalue weighted by molar-refractivity contribution is 6.31. The number of anilines is 1. The van der Waals surface area contributed by atoms with E-state index in [1.54, 1.807) is 6.20 Å². The molecule has 4 nitrogen and oxygen atoms in total. The van der Waals surface area contributed by atoms with E-state index in [0.717, 1.165) is 49.1 Å². The SMILES string of the molecule is CCC1COCCN1c1cc(CNC(C)C)c(Cl)cn1. The van der Waals surface area contributed by atoms with Gasteiger partial charge in [0.15, 0.2) is 0 Å². The first-order valence-corrected chi connectivity index (χ1v) is 7.71. The zero-order chi connectivity index (χ0) is 14.5. The summed E-state index contributed by atoms with van der Waals surface area (Å²) in [5.74, 6) is 1.00. The van der Waals surface area contributed by atoms with Gasteiger partial charge in [0, 0.05) is 25.3 Å². The van der Waals surface area contributed by atoms with Crippen molar-refractivity contribution in [2.45, 2.75) is 45.8 Å². The number of morpholine rings is 1. The molecule has 0 saturated carbocycles. The third-order valence-electron chi connectivity index (χ3n) is 3.61. The van der Waals surface area contributed by atoms with Crippen molar-refractivity contribution in [1.29, 1.82) is 0 Å². The van der Waals surface area contributed by atoms with Crippen molar-refractivity contribution in [3.63, 3.8) is 0 Å². The van der Waals surface area contributed by atoms with Gasteiger partial charge in [0.2, 0.25) is 0 Å². The third-order valence-corrected chi connectivity index (χ3v) is 3.95. The largest absolute Gasteiger partial charge is 0.377 e. The van der Waals surface area contributed by atoms with E-state index in [9.17, 15) is 0 Å². The van der Waals surface area contributed by atoms with E-state index in [1.807, 2.05) is 0 Å². The summed E-state index contributed by atoms with van der Waals surface area (Å²) in [6.45, 7) is 9.65. The Morgan fingerprint density at radius 1 is 1.55 bits per heavy atom. The summed E-state index contributed by atoms with van der Waals surface area (Å²) in [5, 5.41) is 4.13. The second kappa shape index (κ2) is 7.25. The lowest BCUT2D eigenvalue weighted by Gasteiger charge is -2.36. The first-order chi connectivity index (χ1) is 9.61. The van der Waals surface area contributed by atoms with Crippen molar-refractivity contribution in [2.75, 3.05) is 24.7 Å². The van der Waals surface area contributed by atoms with E-state index in [0.29, 0.717) is 12.1 Å². The number of aromatic nitrogens is 1. The lowest BCUT2D eigenvalue weighted by molar-refractivity contribution is 0.0925. The molecule has 1 aromatic rings. The van der Waals surface area contributed by atoms with Crippen LogP contribution in [0.15, 0.2) is 12.3 Å². The van der Waals surface area contributed by atoms with Gasteiger partial charge in [0.05, 0.1) is 24.3 Å². The molecule has 0 aliphatic carbocycles. The maximum atomic E-state index is 6.24. The molecule has 2 heterocycles. The second-order valence-corrected chi connectivity index (χ2v) is 5.91. The summed E-state index contributed by atoms with van der Waals surface area (Å²) in [5.41, 5.74) is 1.10. The van der Waals surface area contributed by atoms with Crippen molar-refractivity contribution in [2.24, 2.45) is 0 Å². The maximum Gasteiger partial charge on any atom is 0.129 e. The molecule has 5 heteroatoms. The first-order valence-electron chi connectivity index (χ1n) is 7.34. The van der Waals surface area contributed by atoms with Crippen LogP contribution in [0.1, 0.15) is 32.8 Å². The van der Waals surface area contributed by atoms with E-state index < -0.39 is 0 Å². The molecule has 112 valence electrons. The number of halogens is 1. The number of hydrogen-bond donors (Lipinski definition) is 1. The summed E-state index contributed by atoms with van der Waals surface area (Å²) in [4.78, 5) is 6.83. The smallest absolute Gasteiger partial charge is 0.129 e. The standard InChI is InChI=1S/C15H24ClN3O/c1-4-13-10-20-6-5-19(13)15-7-12(8-17-11(2)3)14(16)9-18-15/h7,9,11,13,17H,4-6,8,10H2,1-3H3. The Kier molecular flexibility index (Phi) is 5.64. The fraction of sp³-hybridized carbons (Fsp3) is 0.667. The summed E-state index contributed by atoms with van der Waals surface area (Å²) in [6, 6.07) is 2.95. The van der Waals surface area contributed by atoms with Crippen LogP contribution in [0, 0.1) is 0 Å². The Hall–Kier alpha value is -0.840. The van der Waals surface area contributed by atoms with Crippen LogP contribution in [0.2, 0.25) is 5.02 Å².